The first-order chi connectivity index (χ1) is 4.38. The Balaban J connectivity index is 2.22. The van der Waals surface area contributed by atoms with Gasteiger partial charge in [0.2, 0.25) is 0 Å². The summed E-state index contributed by atoms with van der Waals surface area (Å²) in [4.78, 5) is 4.17. The SMILES string of the molecule is CC1=C(C2CC2)N=C[N]1. The Labute approximate surface area is 54.7 Å². The van der Waals surface area contributed by atoms with Crippen molar-refractivity contribution in [2.75, 3.05) is 0 Å². The van der Waals surface area contributed by atoms with Gasteiger partial charge in [0.1, 0.15) is 6.34 Å². The molecule has 1 aliphatic heterocycles. The van der Waals surface area contributed by atoms with E-state index in [9.17, 15) is 0 Å². The third-order valence-corrected chi connectivity index (χ3v) is 1.78. The summed E-state index contributed by atoms with van der Waals surface area (Å²) in [5.41, 5.74) is 2.35. The van der Waals surface area contributed by atoms with Crippen LogP contribution in [0, 0.1) is 5.92 Å². The minimum atomic E-state index is 0.757. The zero-order chi connectivity index (χ0) is 6.27. The fourth-order valence-electron chi connectivity index (χ4n) is 1.09. The number of hydrogen-bond acceptors (Lipinski definition) is 1. The van der Waals surface area contributed by atoms with E-state index in [2.05, 4.69) is 10.3 Å². The lowest BCUT2D eigenvalue weighted by molar-refractivity contribution is 0.949. The van der Waals surface area contributed by atoms with Crippen LogP contribution >= 0.6 is 0 Å². The molecule has 47 valence electrons. The molecule has 0 aromatic carbocycles. The Kier molecular flexibility index (Phi) is 0.891. The number of hydrogen-bond donors (Lipinski definition) is 0. The Morgan fingerprint density at radius 1 is 1.56 bits per heavy atom. The molecule has 1 saturated carbocycles. The normalized spacial score (nSPS) is 25.0. The van der Waals surface area contributed by atoms with Gasteiger partial charge in [0, 0.05) is 5.92 Å². The first kappa shape index (κ1) is 5.03. The number of aliphatic imine (C=N–C) groups is 1. The fourth-order valence-corrected chi connectivity index (χ4v) is 1.09. The minimum absolute atomic E-state index is 0.757. The monoisotopic (exact) mass is 121 g/mol. The molecule has 0 N–H and O–H groups in total. The summed E-state index contributed by atoms with van der Waals surface area (Å²) in [5, 5.41) is 4.07. The molecule has 9 heavy (non-hydrogen) atoms. The van der Waals surface area contributed by atoms with E-state index in [1.165, 1.54) is 18.5 Å². The summed E-state index contributed by atoms with van der Waals surface area (Å²) < 4.78 is 0. The standard InChI is InChI=1S/C7H9N2/c1-5-7(6-2-3-6)9-4-8-5/h4,6H,2-3H2,1H3. The van der Waals surface area contributed by atoms with Crippen molar-refractivity contribution >= 4 is 6.34 Å². The van der Waals surface area contributed by atoms with E-state index in [4.69, 9.17) is 0 Å². The Morgan fingerprint density at radius 2 is 2.33 bits per heavy atom. The van der Waals surface area contributed by atoms with E-state index in [0.29, 0.717) is 0 Å². The maximum absolute atomic E-state index is 4.17. The van der Waals surface area contributed by atoms with Crippen LogP contribution in [0.4, 0.5) is 0 Å². The minimum Gasteiger partial charge on any atom is -0.240 e. The lowest BCUT2D eigenvalue weighted by Crippen LogP contribution is -1.92. The first-order valence-corrected chi connectivity index (χ1v) is 3.32. The van der Waals surface area contributed by atoms with Gasteiger partial charge in [-0.3, -0.25) is 0 Å². The van der Waals surface area contributed by atoms with E-state index in [-0.39, 0.29) is 0 Å². The molecule has 2 rings (SSSR count). The molecule has 1 radical (unpaired) electrons. The highest BCUT2D eigenvalue weighted by Gasteiger charge is 2.29. The highest BCUT2D eigenvalue weighted by molar-refractivity contribution is 5.63. The molecule has 2 aliphatic rings. The van der Waals surface area contributed by atoms with Crippen LogP contribution in [0.25, 0.3) is 0 Å². The van der Waals surface area contributed by atoms with Gasteiger partial charge in [-0.2, -0.15) is 0 Å². The van der Waals surface area contributed by atoms with Crippen molar-refractivity contribution in [3.05, 3.63) is 11.4 Å². The zero-order valence-corrected chi connectivity index (χ0v) is 5.46. The smallest absolute Gasteiger partial charge is 0.116 e. The largest absolute Gasteiger partial charge is 0.240 e. The van der Waals surface area contributed by atoms with E-state index in [1.807, 2.05) is 6.92 Å². The molecular weight excluding hydrogens is 112 g/mol. The molecule has 0 atom stereocenters. The average molecular weight is 121 g/mol. The fraction of sp³-hybridized carbons (Fsp3) is 0.571. The van der Waals surface area contributed by atoms with Crippen molar-refractivity contribution in [1.29, 1.82) is 0 Å². The molecule has 2 heteroatoms. The molecule has 0 amide bonds. The van der Waals surface area contributed by atoms with E-state index < -0.39 is 0 Å². The van der Waals surface area contributed by atoms with Crippen molar-refractivity contribution in [3.8, 4) is 0 Å². The van der Waals surface area contributed by atoms with Crippen LogP contribution in [0.1, 0.15) is 19.8 Å². The van der Waals surface area contributed by atoms with Crippen LogP contribution in [0.3, 0.4) is 0 Å². The molecule has 1 aliphatic carbocycles. The summed E-state index contributed by atoms with van der Waals surface area (Å²) in [5.74, 6) is 0.757. The molecule has 1 heterocycles. The van der Waals surface area contributed by atoms with Crippen LogP contribution in [-0.4, -0.2) is 6.34 Å². The second-order valence-corrected chi connectivity index (χ2v) is 2.62. The van der Waals surface area contributed by atoms with Crippen LogP contribution in [0.15, 0.2) is 16.4 Å². The lowest BCUT2D eigenvalue weighted by atomic mass is 10.2. The van der Waals surface area contributed by atoms with Crippen LogP contribution in [-0.2, 0) is 0 Å². The first-order valence-electron chi connectivity index (χ1n) is 3.32. The Bertz CT molecular complexity index is 187. The van der Waals surface area contributed by atoms with Gasteiger partial charge in [0.05, 0.1) is 11.4 Å². The molecule has 0 unspecified atom stereocenters. The number of rotatable bonds is 1. The van der Waals surface area contributed by atoms with Crippen LogP contribution in [0.5, 0.6) is 0 Å². The highest BCUT2D eigenvalue weighted by Crippen LogP contribution is 2.39. The summed E-state index contributed by atoms with van der Waals surface area (Å²) in [6.07, 6.45) is 4.29. The summed E-state index contributed by atoms with van der Waals surface area (Å²) >= 11 is 0. The lowest BCUT2D eigenvalue weighted by Gasteiger charge is -1.92. The maximum Gasteiger partial charge on any atom is 0.116 e. The maximum atomic E-state index is 4.17. The Hall–Kier alpha value is -0.790. The van der Waals surface area contributed by atoms with Crippen molar-refractivity contribution in [3.63, 3.8) is 0 Å². The van der Waals surface area contributed by atoms with E-state index in [1.54, 1.807) is 6.34 Å². The third kappa shape index (κ3) is 0.745. The predicted molar refractivity (Wildman–Crippen MR) is 36.0 cm³/mol. The van der Waals surface area contributed by atoms with E-state index in [0.717, 1.165) is 11.6 Å². The van der Waals surface area contributed by atoms with Gasteiger partial charge in [-0.05, 0) is 19.8 Å². The topological polar surface area (TPSA) is 26.5 Å². The molecule has 0 bridgehead atoms. The van der Waals surface area contributed by atoms with Gasteiger partial charge >= 0.3 is 0 Å². The summed E-state index contributed by atoms with van der Waals surface area (Å²) in [7, 11) is 0. The summed E-state index contributed by atoms with van der Waals surface area (Å²) in [6.45, 7) is 2.03. The molecule has 0 aromatic heterocycles. The molecular formula is C7H9N2. The summed E-state index contributed by atoms with van der Waals surface area (Å²) in [6, 6.07) is 0. The molecule has 2 nitrogen and oxygen atoms in total. The molecule has 0 saturated heterocycles. The molecule has 0 spiro atoms. The van der Waals surface area contributed by atoms with Gasteiger partial charge in [-0.25, -0.2) is 10.3 Å². The zero-order valence-electron chi connectivity index (χ0n) is 5.46. The second-order valence-electron chi connectivity index (χ2n) is 2.62. The van der Waals surface area contributed by atoms with Gasteiger partial charge in [0.25, 0.3) is 0 Å². The number of allylic oxidation sites excluding steroid dienone is 2. The van der Waals surface area contributed by atoms with Crippen molar-refractivity contribution in [1.82, 2.24) is 5.32 Å². The Morgan fingerprint density at radius 3 is 2.78 bits per heavy atom. The molecule has 0 aromatic rings. The predicted octanol–water partition coefficient (Wildman–Crippen LogP) is 1.27. The van der Waals surface area contributed by atoms with Crippen LogP contribution in [0.2, 0.25) is 0 Å². The van der Waals surface area contributed by atoms with Gasteiger partial charge in [-0.15, -0.1) is 0 Å². The van der Waals surface area contributed by atoms with Crippen molar-refractivity contribution < 1.29 is 0 Å². The van der Waals surface area contributed by atoms with E-state index >= 15 is 0 Å². The van der Waals surface area contributed by atoms with Crippen molar-refractivity contribution in [2.45, 2.75) is 19.8 Å². The number of nitrogens with zero attached hydrogens (tertiary/aromatic N) is 2. The second kappa shape index (κ2) is 1.59. The van der Waals surface area contributed by atoms with Crippen molar-refractivity contribution in [2.24, 2.45) is 10.9 Å². The quantitative estimate of drug-likeness (QED) is 0.499. The van der Waals surface area contributed by atoms with Gasteiger partial charge < -0.3 is 0 Å². The third-order valence-electron chi connectivity index (χ3n) is 1.78. The van der Waals surface area contributed by atoms with Gasteiger partial charge in [0.15, 0.2) is 0 Å². The highest BCUT2D eigenvalue weighted by atomic mass is 15.0. The van der Waals surface area contributed by atoms with Crippen LogP contribution < -0.4 is 5.32 Å². The molecule has 1 fully saturated rings. The average Bonchev–Trinajstić information content (AvgIpc) is 2.58. The van der Waals surface area contributed by atoms with Gasteiger partial charge in [-0.1, -0.05) is 0 Å².